The Hall–Kier alpha value is -2.61. The van der Waals surface area contributed by atoms with Gasteiger partial charge in [-0.3, -0.25) is 9.59 Å². The number of hydrogen-bond acceptors (Lipinski definition) is 4. The third-order valence-electron chi connectivity index (χ3n) is 4.71. The average Bonchev–Trinajstić information content (AvgIpc) is 3.25. The number of nitrogens with one attached hydrogen (secondary N) is 1. The molecule has 0 bridgehead atoms. The highest BCUT2D eigenvalue weighted by molar-refractivity contribution is 6.35. The fourth-order valence-electron chi connectivity index (χ4n) is 3.30. The van der Waals surface area contributed by atoms with Crippen molar-refractivity contribution in [2.45, 2.75) is 13.3 Å². The average molecular weight is 465 g/mol. The smallest absolute Gasteiger partial charge is 0.230 e. The molecule has 2 amide bonds. The van der Waals surface area contributed by atoms with Crippen LogP contribution in [-0.4, -0.2) is 33.1 Å². The second kappa shape index (κ2) is 8.26. The maximum atomic E-state index is 12.9. The van der Waals surface area contributed by atoms with Crippen LogP contribution in [0.1, 0.15) is 12.1 Å². The Balaban J connectivity index is 1.54. The highest BCUT2D eigenvalue weighted by Crippen LogP contribution is 2.29. The first-order valence-electron chi connectivity index (χ1n) is 9.06. The Kier molecular flexibility index (Phi) is 5.69. The molecule has 1 aromatic carbocycles. The molecule has 0 radical (unpaired) electrons. The Morgan fingerprint density at radius 1 is 1.13 bits per heavy atom. The molecule has 1 aliphatic heterocycles. The number of halogens is 3. The van der Waals surface area contributed by atoms with E-state index in [1.165, 1.54) is 10.9 Å². The van der Waals surface area contributed by atoms with E-state index in [4.69, 9.17) is 34.8 Å². The van der Waals surface area contributed by atoms with Gasteiger partial charge in [-0.25, -0.2) is 4.98 Å². The van der Waals surface area contributed by atoms with Crippen molar-refractivity contribution >= 4 is 58.1 Å². The van der Waals surface area contributed by atoms with Crippen LogP contribution in [0, 0.1) is 12.8 Å². The fourth-order valence-corrected chi connectivity index (χ4v) is 3.88. The van der Waals surface area contributed by atoms with E-state index < -0.39 is 5.92 Å². The van der Waals surface area contributed by atoms with Crippen LogP contribution >= 0.6 is 34.8 Å². The molecule has 154 valence electrons. The summed E-state index contributed by atoms with van der Waals surface area (Å²) in [4.78, 5) is 31.1. The summed E-state index contributed by atoms with van der Waals surface area (Å²) in [6.07, 6.45) is 1.56. The molecule has 3 heterocycles. The van der Waals surface area contributed by atoms with E-state index in [0.717, 1.165) is 0 Å². The zero-order chi connectivity index (χ0) is 21.4. The Morgan fingerprint density at radius 2 is 1.87 bits per heavy atom. The van der Waals surface area contributed by atoms with Gasteiger partial charge in [-0.2, -0.15) is 9.78 Å². The SMILES string of the molecule is Cc1cc(NC(=O)C2CC(=O)N(c3ccc(Cl)cc3)C2)n(-c2ncc(Cl)cc2Cl)n1. The van der Waals surface area contributed by atoms with Gasteiger partial charge < -0.3 is 10.2 Å². The van der Waals surface area contributed by atoms with Gasteiger partial charge in [0, 0.05) is 35.9 Å². The Labute approximate surface area is 187 Å². The molecule has 1 fully saturated rings. The Bertz CT molecular complexity index is 1130. The molecule has 4 rings (SSSR count). The van der Waals surface area contributed by atoms with Gasteiger partial charge >= 0.3 is 0 Å². The standard InChI is InChI=1S/C20H16Cl3N5O2/c1-11-6-17(28(26-11)19-16(23)8-14(22)9-24-19)25-20(30)12-7-18(29)27(10-12)15-4-2-13(21)3-5-15/h2-6,8-9,12H,7,10H2,1H3,(H,25,30). The summed E-state index contributed by atoms with van der Waals surface area (Å²) in [6.45, 7) is 2.07. The number of rotatable bonds is 4. The van der Waals surface area contributed by atoms with Crippen LogP contribution in [0.3, 0.4) is 0 Å². The number of aryl methyl sites for hydroxylation is 1. The molecule has 0 spiro atoms. The lowest BCUT2D eigenvalue weighted by Crippen LogP contribution is -2.28. The number of anilines is 2. The highest BCUT2D eigenvalue weighted by atomic mass is 35.5. The summed E-state index contributed by atoms with van der Waals surface area (Å²) in [7, 11) is 0. The third-order valence-corrected chi connectivity index (χ3v) is 5.44. The van der Waals surface area contributed by atoms with Crippen molar-refractivity contribution < 1.29 is 9.59 Å². The number of amides is 2. The molecule has 1 unspecified atom stereocenters. The van der Waals surface area contributed by atoms with E-state index in [-0.39, 0.29) is 24.8 Å². The molecule has 0 aliphatic carbocycles. The number of carbonyl (C=O) groups is 2. The van der Waals surface area contributed by atoms with E-state index in [1.807, 2.05) is 0 Å². The number of hydrogen-bond donors (Lipinski definition) is 1. The van der Waals surface area contributed by atoms with Gasteiger partial charge in [0.1, 0.15) is 5.82 Å². The van der Waals surface area contributed by atoms with Crippen LogP contribution in [0.5, 0.6) is 0 Å². The van der Waals surface area contributed by atoms with Crippen LogP contribution in [0.25, 0.3) is 5.82 Å². The van der Waals surface area contributed by atoms with Crippen molar-refractivity contribution in [2.75, 3.05) is 16.8 Å². The van der Waals surface area contributed by atoms with Crippen LogP contribution < -0.4 is 10.2 Å². The minimum absolute atomic E-state index is 0.113. The van der Waals surface area contributed by atoms with Crippen LogP contribution in [0.2, 0.25) is 15.1 Å². The van der Waals surface area contributed by atoms with Crippen molar-refractivity contribution in [3.63, 3.8) is 0 Å². The molecule has 2 aromatic heterocycles. The predicted octanol–water partition coefficient (Wildman–Crippen LogP) is 4.53. The summed E-state index contributed by atoms with van der Waals surface area (Å²) < 4.78 is 1.44. The third kappa shape index (κ3) is 4.14. The van der Waals surface area contributed by atoms with E-state index in [9.17, 15) is 9.59 Å². The van der Waals surface area contributed by atoms with Gasteiger partial charge in [0.05, 0.1) is 21.7 Å². The van der Waals surface area contributed by atoms with Gasteiger partial charge in [-0.05, 0) is 37.3 Å². The van der Waals surface area contributed by atoms with Gasteiger partial charge in [0.15, 0.2) is 5.82 Å². The number of aromatic nitrogens is 3. The zero-order valence-corrected chi connectivity index (χ0v) is 18.0. The quantitative estimate of drug-likeness (QED) is 0.615. The lowest BCUT2D eigenvalue weighted by atomic mass is 10.1. The molecule has 7 nitrogen and oxygen atoms in total. The molecule has 10 heteroatoms. The maximum Gasteiger partial charge on any atom is 0.230 e. The van der Waals surface area contributed by atoms with Crippen molar-refractivity contribution in [1.29, 1.82) is 0 Å². The summed E-state index contributed by atoms with van der Waals surface area (Å²) in [5, 5.41) is 8.48. The lowest BCUT2D eigenvalue weighted by Gasteiger charge is -2.17. The van der Waals surface area contributed by atoms with Crippen LogP contribution in [0.4, 0.5) is 11.5 Å². The van der Waals surface area contributed by atoms with E-state index in [0.29, 0.717) is 38.1 Å². The van der Waals surface area contributed by atoms with Crippen LogP contribution in [0.15, 0.2) is 42.6 Å². The number of pyridine rings is 1. The minimum atomic E-state index is -0.509. The maximum absolute atomic E-state index is 12.9. The molecular weight excluding hydrogens is 449 g/mol. The van der Waals surface area contributed by atoms with Crippen molar-refractivity contribution in [3.05, 3.63) is 63.4 Å². The lowest BCUT2D eigenvalue weighted by molar-refractivity contribution is -0.122. The molecule has 3 aromatic rings. The summed E-state index contributed by atoms with van der Waals surface area (Å²) in [5.74, 6) is -0.164. The normalized spacial score (nSPS) is 16.2. The topological polar surface area (TPSA) is 80.1 Å². The molecule has 1 aliphatic rings. The van der Waals surface area contributed by atoms with E-state index in [2.05, 4.69) is 15.4 Å². The van der Waals surface area contributed by atoms with Gasteiger partial charge in [-0.1, -0.05) is 34.8 Å². The first kappa shape index (κ1) is 20.7. The molecular formula is C20H16Cl3N5O2. The van der Waals surface area contributed by atoms with Gasteiger partial charge in [0.25, 0.3) is 0 Å². The first-order chi connectivity index (χ1) is 14.3. The minimum Gasteiger partial charge on any atom is -0.312 e. The predicted molar refractivity (Wildman–Crippen MR) is 117 cm³/mol. The molecule has 1 saturated heterocycles. The second-order valence-corrected chi connectivity index (χ2v) is 8.19. The highest BCUT2D eigenvalue weighted by Gasteiger charge is 2.35. The van der Waals surface area contributed by atoms with E-state index >= 15 is 0 Å². The summed E-state index contributed by atoms with van der Waals surface area (Å²) in [6, 6.07) is 10.2. The monoisotopic (exact) mass is 463 g/mol. The van der Waals surface area contributed by atoms with Crippen molar-refractivity contribution in [1.82, 2.24) is 14.8 Å². The molecule has 30 heavy (non-hydrogen) atoms. The first-order valence-corrected chi connectivity index (χ1v) is 10.2. The van der Waals surface area contributed by atoms with E-state index in [1.54, 1.807) is 48.2 Å². The van der Waals surface area contributed by atoms with Gasteiger partial charge in [0.2, 0.25) is 11.8 Å². The van der Waals surface area contributed by atoms with Crippen molar-refractivity contribution in [2.24, 2.45) is 5.92 Å². The largest absolute Gasteiger partial charge is 0.312 e. The van der Waals surface area contributed by atoms with Crippen molar-refractivity contribution in [3.8, 4) is 5.82 Å². The van der Waals surface area contributed by atoms with Gasteiger partial charge in [-0.15, -0.1) is 0 Å². The Morgan fingerprint density at radius 3 is 2.57 bits per heavy atom. The molecule has 1 N–H and O–H groups in total. The summed E-state index contributed by atoms with van der Waals surface area (Å²) in [5.41, 5.74) is 1.38. The number of nitrogens with zero attached hydrogens (tertiary/aromatic N) is 4. The second-order valence-electron chi connectivity index (χ2n) is 6.91. The number of carbonyl (C=O) groups excluding carboxylic acids is 2. The molecule has 0 saturated carbocycles. The number of benzene rings is 1. The molecule has 1 atom stereocenters. The summed E-state index contributed by atoms with van der Waals surface area (Å²) >= 11 is 18.1. The fraction of sp³-hybridized carbons (Fsp3) is 0.200. The zero-order valence-electron chi connectivity index (χ0n) is 15.8. The van der Waals surface area contributed by atoms with Crippen LogP contribution in [-0.2, 0) is 9.59 Å².